The Kier molecular flexibility index (Phi) is 6.75. The summed E-state index contributed by atoms with van der Waals surface area (Å²) in [6.07, 6.45) is 4.30. The van der Waals surface area contributed by atoms with Gasteiger partial charge in [-0.2, -0.15) is 5.10 Å². The maximum Gasteiger partial charge on any atom is 0.287 e. The molecule has 0 saturated carbocycles. The SMILES string of the molecule is C=CCn1ncc(NCCN(C)C(C)CC)c(Cl)c1=O. The Morgan fingerprint density at radius 3 is 2.95 bits per heavy atom. The van der Waals surface area contributed by atoms with Crippen molar-refractivity contribution in [2.24, 2.45) is 0 Å². The highest BCUT2D eigenvalue weighted by Crippen LogP contribution is 2.14. The molecule has 0 amide bonds. The Hall–Kier alpha value is -1.33. The lowest BCUT2D eigenvalue weighted by Crippen LogP contribution is -2.33. The molecule has 0 spiro atoms. The molecule has 6 heteroatoms. The molecule has 0 aliphatic rings. The first kappa shape index (κ1) is 16.7. The van der Waals surface area contributed by atoms with Crippen LogP contribution in [0.15, 0.2) is 23.6 Å². The minimum atomic E-state index is -0.299. The number of hydrogen-bond donors (Lipinski definition) is 1. The summed E-state index contributed by atoms with van der Waals surface area (Å²) in [6, 6.07) is 0.533. The molecule has 1 aromatic rings. The van der Waals surface area contributed by atoms with Crippen molar-refractivity contribution in [1.29, 1.82) is 0 Å². The second-order valence-corrected chi connectivity index (χ2v) is 5.19. The third-order valence-electron chi connectivity index (χ3n) is 3.41. The van der Waals surface area contributed by atoms with Gasteiger partial charge in [0.1, 0.15) is 5.02 Å². The molecule has 1 rings (SSSR count). The number of anilines is 1. The molecule has 1 unspecified atom stereocenters. The van der Waals surface area contributed by atoms with Crippen LogP contribution in [0.2, 0.25) is 5.02 Å². The summed E-state index contributed by atoms with van der Waals surface area (Å²) in [7, 11) is 2.08. The van der Waals surface area contributed by atoms with E-state index in [9.17, 15) is 4.79 Å². The predicted molar refractivity (Wildman–Crippen MR) is 84.6 cm³/mol. The number of likely N-dealkylation sites (N-methyl/N-ethyl adjacent to an activating group) is 1. The summed E-state index contributed by atoms with van der Waals surface area (Å²) in [5.41, 5.74) is 0.279. The number of hydrogen-bond acceptors (Lipinski definition) is 4. The van der Waals surface area contributed by atoms with Crippen molar-refractivity contribution in [3.63, 3.8) is 0 Å². The van der Waals surface area contributed by atoms with Crippen molar-refractivity contribution in [3.8, 4) is 0 Å². The van der Waals surface area contributed by atoms with Crippen LogP contribution in [0.1, 0.15) is 20.3 Å². The molecule has 0 aliphatic carbocycles. The molecule has 20 heavy (non-hydrogen) atoms. The van der Waals surface area contributed by atoms with E-state index in [0.29, 0.717) is 24.8 Å². The van der Waals surface area contributed by atoms with E-state index in [1.807, 2.05) is 0 Å². The van der Waals surface area contributed by atoms with Gasteiger partial charge in [0.2, 0.25) is 0 Å². The zero-order valence-corrected chi connectivity index (χ0v) is 13.2. The fourth-order valence-corrected chi connectivity index (χ4v) is 1.95. The second kappa shape index (κ2) is 8.07. The minimum absolute atomic E-state index is 0.174. The molecule has 1 N–H and O–H groups in total. The molecule has 0 aliphatic heterocycles. The van der Waals surface area contributed by atoms with Crippen molar-refractivity contribution in [3.05, 3.63) is 34.2 Å². The van der Waals surface area contributed by atoms with E-state index in [0.717, 1.165) is 13.0 Å². The molecule has 0 bridgehead atoms. The predicted octanol–water partition coefficient (Wildman–Crippen LogP) is 2.22. The lowest BCUT2D eigenvalue weighted by Gasteiger charge is -2.23. The highest BCUT2D eigenvalue weighted by atomic mass is 35.5. The quantitative estimate of drug-likeness (QED) is 0.748. The van der Waals surface area contributed by atoms with Gasteiger partial charge in [-0.05, 0) is 20.4 Å². The summed E-state index contributed by atoms with van der Waals surface area (Å²) in [4.78, 5) is 14.2. The van der Waals surface area contributed by atoms with Crippen LogP contribution in [-0.4, -0.2) is 40.9 Å². The fraction of sp³-hybridized carbons (Fsp3) is 0.571. The Morgan fingerprint density at radius 1 is 1.65 bits per heavy atom. The number of rotatable bonds is 8. The van der Waals surface area contributed by atoms with Gasteiger partial charge in [0.15, 0.2) is 0 Å². The molecule has 0 radical (unpaired) electrons. The largest absolute Gasteiger partial charge is 0.381 e. The van der Waals surface area contributed by atoms with Gasteiger partial charge in [0, 0.05) is 19.1 Å². The van der Waals surface area contributed by atoms with Crippen LogP contribution >= 0.6 is 11.6 Å². The van der Waals surface area contributed by atoms with E-state index >= 15 is 0 Å². The molecule has 112 valence electrons. The van der Waals surface area contributed by atoms with Crippen molar-refractivity contribution in [2.45, 2.75) is 32.9 Å². The Balaban J connectivity index is 2.63. The average Bonchev–Trinajstić information content (AvgIpc) is 2.45. The summed E-state index contributed by atoms with van der Waals surface area (Å²) in [5.74, 6) is 0. The topological polar surface area (TPSA) is 50.2 Å². The lowest BCUT2D eigenvalue weighted by atomic mass is 10.2. The standard InChI is InChI=1S/C14H23ClN4O/c1-5-8-19-14(20)13(15)12(10-17-19)16-7-9-18(4)11(3)6-2/h5,10-11,16H,1,6-9H2,2-4H3. The van der Waals surface area contributed by atoms with Crippen molar-refractivity contribution >= 4 is 17.3 Å². The first-order chi connectivity index (χ1) is 9.51. The first-order valence-corrected chi connectivity index (χ1v) is 7.19. The molecule has 1 heterocycles. The molecule has 0 saturated heterocycles. The number of nitrogens with zero attached hydrogens (tertiary/aromatic N) is 3. The molecule has 0 fully saturated rings. The second-order valence-electron chi connectivity index (χ2n) is 4.81. The summed E-state index contributed by atoms with van der Waals surface area (Å²) in [5, 5.41) is 7.38. The Bertz CT molecular complexity index is 500. The number of halogens is 1. The van der Waals surface area contributed by atoms with Gasteiger partial charge in [-0.25, -0.2) is 4.68 Å². The van der Waals surface area contributed by atoms with Crippen LogP contribution < -0.4 is 10.9 Å². The molecular weight excluding hydrogens is 276 g/mol. The first-order valence-electron chi connectivity index (χ1n) is 6.81. The monoisotopic (exact) mass is 298 g/mol. The van der Waals surface area contributed by atoms with Crippen molar-refractivity contribution < 1.29 is 0 Å². The van der Waals surface area contributed by atoms with Crippen molar-refractivity contribution in [2.75, 3.05) is 25.5 Å². The summed E-state index contributed by atoms with van der Waals surface area (Å²) >= 11 is 6.06. The third-order valence-corrected chi connectivity index (χ3v) is 3.78. The smallest absolute Gasteiger partial charge is 0.287 e. The minimum Gasteiger partial charge on any atom is -0.381 e. The number of aromatic nitrogens is 2. The van der Waals surface area contributed by atoms with E-state index < -0.39 is 0 Å². The molecular formula is C14H23ClN4O. The maximum absolute atomic E-state index is 11.9. The van der Waals surface area contributed by atoms with E-state index in [1.165, 1.54) is 4.68 Å². The van der Waals surface area contributed by atoms with E-state index in [1.54, 1.807) is 12.3 Å². The highest BCUT2D eigenvalue weighted by molar-refractivity contribution is 6.32. The van der Waals surface area contributed by atoms with E-state index in [-0.39, 0.29) is 10.6 Å². The lowest BCUT2D eigenvalue weighted by molar-refractivity contribution is 0.261. The number of nitrogens with one attached hydrogen (secondary N) is 1. The zero-order valence-electron chi connectivity index (χ0n) is 12.4. The van der Waals surface area contributed by atoms with E-state index in [4.69, 9.17) is 11.6 Å². The zero-order chi connectivity index (χ0) is 15.1. The fourth-order valence-electron chi connectivity index (χ4n) is 1.74. The Morgan fingerprint density at radius 2 is 2.35 bits per heavy atom. The van der Waals surface area contributed by atoms with Crippen molar-refractivity contribution in [1.82, 2.24) is 14.7 Å². The van der Waals surface area contributed by atoms with E-state index in [2.05, 4.69) is 42.8 Å². The van der Waals surface area contributed by atoms with Crippen LogP contribution in [0.25, 0.3) is 0 Å². The van der Waals surface area contributed by atoms with Gasteiger partial charge in [-0.1, -0.05) is 24.6 Å². The normalized spacial score (nSPS) is 12.4. The van der Waals surface area contributed by atoms with Crippen LogP contribution in [-0.2, 0) is 6.54 Å². The summed E-state index contributed by atoms with van der Waals surface area (Å²) < 4.78 is 1.28. The van der Waals surface area contributed by atoms with Crippen LogP contribution in [0.5, 0.6) is 0 Å². The Labute approximate surface area is 125 Å². The van der Waals surface area contributed by atoms with Crippen LogP contribution in [0.4, 0.5) is 5.69 Å². The third kappa shape index (κ3) is 4.35. The van der Waals surface area contributed by atoms with Gasteiger partial charge >= 0.3 is 0 Å². The molecule has 0 aromatic carbocycles. The highest BCUT2D eigenvalue weighted by Gasteiger charge is 2.09. The van der Waals surface area contributed by atoms with Crippen LogP contribution in [0.3, 0.4) is 0 Å². The average molecular weight is 299 g/mol. The maximum atomic E-state index is 11.9. The molecule has 1 aromatic heterocycles. The van der Waals surface area contributed by atoms with Gasteiger partial charge in [0.05, 0.1) is 18.4 Å². The van der Waals surface area contributed by atoms with Gasteiger partial charge in [0.25, 0.3) is 5.56 Å². The van der Waals surface area contributed by atoms with Crippen LogP contribution in [0, 0.1) is 0 Å². The van der Waals surface area contributed by atoms with Gasteiger partial charge in [-0.15, -0.1) is 6.58 Å². The summed E-state index contributed by atoms with van der Waals surface area (Å²) in [6.45, 7) is 9.87. The van der Waals surface area contributed by atoms with Gasteiger partial charge in [-0.3, -0.25) is 4.79 Å². The number of allylic oxidation sites excluding steroid dienone is 1. The molecule has 1 atom stereocenters. The molecule has 5 nitrogen and oxygen atoms in total. The van der Waals surface area contributed by atoms with Gasteiger partial charge < -0.3 is 10.2 Å².